The summed E-state index contributed by atoms with van der Waals surface area (Å²) in [5.74, 6) is 0.953. The maximum absolute atomic E-state index is 11.3. The Bertz CT molecular complexity index is 786. The first kappa shape index (κ1) is 16.3. The molecule has 3 rings (SSSR count). The van der Waals surface area contributed by atoms with E-state index in [1.807, 2.05) is 17.0 Å². The molecule has 0 saturated carbocycles. The topological polar surface area (TPSA) is 106 Å². The van der Waals surface area contributed by atoms with Gasteiger partial charge in [0.05, 0.1) is 6.54 Å². The molecule has 10 heteroatoms. The van der Waals surface area contributed by atoms with Gasteiger partial charge in [0, 0.05) is 36.8 Å². The van der Waals surface area contributed by atoms with Crippen LogP contribution < -0.4 is 5.14 Å². The molecule has 2 aromatic rings. The van der Waals surface area contributed by atoms with Gasteiger partial charge in [-0.25, -0.2) is 5.14 Å². The summed E-state index contributed by atoms with van der Waals surface area (Å²) in [6.07, 6.45) is 0. The summed E-state index contributed by atoms with van der Waals surface area (Å²) >= 11 is 5.95. The zero-order valence-corrected chi connectivity index (χ0v) is 13.8. The van der Waals surface area contributed by atoms with Crippen LogP contribution in [-0.4, -0.2) is 53.9 Å². The first-order valence-electron chi connectivity index (χ1n) is 7.00. The van der Waals surface area contributed by atoms with Crippen LogP contribution in [0.5, 0.6) is 0 Å². The maximum Gasteiger partial charge on any atom is 0.276 e. The minimum absolute atomic E-state index is 0.355. The number of aromatic nitrogens is 2. The van der Waals surface area contributed by atoms with E-state index < -0.39 is 10.2 Å². The third-order valence-electron chi connectivity index (χ3n) is 3.60. The van der Waals surface area contributed by atoms with Gasteiger partial charge in [-0.15, -0.1) is 0 Å². The van der Waals surface area contributed by atoms with Crippen molar-refractivity contribution in [2.24, 2.45) is 5.14 Å². The Morgan fingerprint density at radius 2 is 2.00 bits per heavy atom. The second-order valence-electron chi connectivity index (χ2n) is 5.24. The summed E-state index contributed by atoms with van der Waals surface area (Å²) in [4.78, 5) is 6.39. The van der Waals surface area contributed by atoms with Crippen molar-refractivity contribution in [2.45, 2.75) is 6.54 Å². The number of hydrogen-bond acceptors (Lipinski definition) is 6. The molecular weight excluding hydrogens is 342 g/mol. The molecule has 1 aliphatic rings. The molecule has 1 aliphatic heterocycles. The third kappa shape index (κ3) is 4.06. The van der Waals surface area contributed by atoms with Crippen molar-refractivity contribution >= 4 is 21.8 Å². The largest absolute Gasteiger partial charge is 0.338 e. The molecule has 0 aliphatic carbocycles. The minimum Gasteiger partial charge on any atom is -0.338 e. The predicted octanol–water partition coefficient (Wildman–Crippen LogP) is 0.711. The lowest BCUT2D eigenvalue weighted by atomic mass is 10.2. The number of nitrogens with zero attached hydrogens (tertiary/aromatic N) is 4. The fourth-order valence-electron chi connectivity index (χ4n) is 2.40. The Morgan fingerprint density at radius 3 is 2.65 bits per heavy atom. The number of rotatable bonds is 4. The number of benzene rings is 1. The molecular formula is C13H16ClN5O3S. The van der Waals surface area contributed by atoms with Gasteiger partial charge < -0.3 is 4.52 Å². The lowest BCUT2D eigenvalue weighted by molar-refractivity contribution is 0.163. The highest BCUT2D eigenvalue weighted by atomic mass is 35.5. The van der Waals surface area contributed by atoms with Crippen LogP contribution in [0.15, 0.2) is 28.8 Å². The average molecular weight is 358 g/mol. The van der Waals surface area contributed by atoms with Crippen molar-refractivity contribution in [1.82, 2.24) is 19.3 Å². The highest BCUT2D eigenvalue weighted by molar-refractivity contribution is 7.86. The lowest BCUT2D eigenvalue weighted by Crippen LogP contribution is -2.50. The van der Waals surface area contributed by atoms with E-state index in [2.05, 4.69) is 10.1 Å². The summed E-state index contributed by atoms with van der Waals surface area (Å²) in [7, 11) is -3.62. The molecule has 0 radical (unpaired) electrons. The van der Waals surface area contributed by atoms with Crippen LogP contribution in [0, 0.1) is 0 Å². The number of nitrogens with two attached hydrogens (primary N) is 1. The molecule has 124 valence electrons. The maximum atomic E-state index is 11.3. The highest BCUT2D eigenvalue weighted by Gasteiger charge is 2.25. The van der Waals surface area contributed by atoms with Gasteiger partial charge in [0.2, 0.25) is 11.7 Å². The molecule has 23 heavy (non-hydrogen) atoms. The Morgan fingerprint density at radius 1 is 1.26 bits per heavy atom. The highest BCUT2D eigenvalue weighted by Crippen LogP contribution is 2.20. The van der Waals surface area contributed by atoms with Crippen LogP contribution in [0.3, 0.4) is 0 Å². The second kappa shape index (κ2) is 6.54. The van der Waals surface area contributed by atoms with E-state index in [1.165, 1.54) is 4.31 Å². The Labute approximate surface area is 139 Å². The quantitative estimate of drug-likeness (QED) is 0.863. The van der Waals surface area contributed by atoms with E-state index in [4.69, 9.17) is 21.3 Å². The van der Waals surface area contributed by atoms with E-state index in [-0.39, 0.29) is 0 Å². The first-order chi connectivity index (χ1) is 10.9. The van der Waals surface area contributed by atoms with Crippen LogP contribution in [0.2, 0.25) is 5.02 Å². The smallest absolute Gasteiger partial charge is 0.276 e. The molecule has 2 heterocycles. The molecule has 0 amide bonds. The number of hydrogen-bond donors (Lipinski definition) is 1. The lowest BCUT2D eigenvalue weighted by Gasteiger charge is -2.31. The molecule has 1 aromatic carbocycles. The zero-order valence-electron chi connectivity index (χ0n) is 12.2. The van der Waals surface area contributed by atoms with Gasteiger partial charge in [-0.3, -0.25) is 4.90 Å². The predicted molar refractivity (Wildman–Crippen MR) is 84.7 cm³/mol. The Balaban J connectivity index is 1.62. The normalized spacial score (nSPS) is 17.5. The molecule has 0 bridgehead atoms. The van der Waals surface area contributed by atoms with E-state index in [0.29, 0.717) is 49.5 Å². The summed E-state index contributed by atoms with van der Waals surface area (Å²) < 4.78 is 29.1. The fraction of sp³-hybridized carbons (Fsp3) is 0.385. The van der Waals surface area contributed by atoms with E-state index >= 15 is 0 Å². The monoisotopic (exact) mass is 357 g/mol. The van der Waals surface area contributed by atoms with Crippen LogP contribution in [0.1, 0.15) is 5.89 Å². The van der Waals surface area contributed by atoms with Crippen molar-refractivity contribution < 1.29 is 12.9 Å². The van der Waals surface area contributed by atoms with Crippen molar-refractivity contribution in [1.29, 1.82) is 0 Å². The standard InChI is InChI=1S/C13H16ClN5O3S/c14-11-3-1-2-10(8-11)13-16-12(22-17-13)9-18-4-6-19(7-5-18)23(15,20)21/h1-3,8H,4-7,9H2,(H2,15,20,21). The van der Waals surface area contributed by atoms with Crippen LogP contribution in [0.25, 0.3) is 11.4 Å². The number of piperazine rings is 1. The molecule has 1 aromatic heterocycles. The van der Waals surface area contributed by atoms with Crippen molar-refractivity contribution in [2.75, 3.05) is 26.2 Å². The summed E-state index contributed by atoms with van der Waals surface area (Å²) in [6, 6.07) is 7.21. The van der Waals surface area contributed by atoms with E-state index in [1.54, 1.807) is 12.1 Å². The van der Waals surface area contributed by atoms with Gasteiger partial charge in [-0.05, 0) is 12.1 Å². The first-order valence-corrected chi connectivity index (χ1v) is 8.89. The average Bonchev–Trinajstić information content (AvgIpc) is 2.95. The van der Waals surface area contributed by atoms with Crippen LogP contribution in [-0.2, 0) is 16.8 Å². The van der Waals surface area contributed by atoms with E-state index in [0.717, 1.165) is 5.56 Å². The molecule has 0 spiro atoms. The summed E-state index contributed by atoms with van der Waals surface area (Å²) in [5, 5.41) is 9.67. The van der Waals surface area contributed by atoms with Gasteiger partial charge in [0.15, 0.2) is 0 Å². The third-order valence-corrected chi connectivity index (χ3v) is 4.92. The second-order valence-corrected chi connectivity index (χ2v) is 7.22. The van der Waals surface area contributed by atoms with Gasteiger partial charge >= 0.3 is 0 Å². The Kier molecular flexibility index (Phi) is 4.64. The van der Waals surface area contributed by atoms with Crippen molar-refractivity contribution in [3.63, 3.8) is 0 Å². The molecule has 1 fully saturated rings. The minimum atomic E-state index is -3.62. The zero-order chi connectivity index (χ0) is 16.4. The van der Waals surface area contributed by atoms with Crippen molar-refractivity contribution in [3.8, 4) is 11.4 Å². The molecule has 2 N–H and O–H groups in total. The van der Waals surface area contributed by atoms with Crippen LogP contribution >= 0.6 is 11.6 Å². The van der Waals surface area contributed by atoms with Crippen LogP contribution in [0.4, 0.5) is 0 Å². The van der Waals surface area contributed by atoms with E-state index in [9.17, 15) is 8.42 Å². The SMILES string of the molecule is NS(=O)(=O)N1CCN(Cc2nc(-c3cccc(Cl)c3)no2)CC1. The van der Waals surface area contributed by atoms with Gasteiger partial charge in [0.1, 0.15) is 0 Å². The van der Waals surface area contributed by atoms with Gasteiger partial charge in [0.25, 0.3) is 10.2 Å². The molecule has 0 atom stereocenters. The fourth-order valence-corrected chi connectivity index (χ4v) is 3.26. The Hall–Kier alpha value is -1.52. The molecule has 0 unspecified atom stereocenters. The molecule has 8 nitrogen and oxygen atoms in total. The summed E-state index contributed by atoms with van der Waals surface area (Å²) in [6.45, 7) is 2.30. The van der Waals surface area contributed by atoms with Crippen molar-refractivity contribution in [3.05, 3.63) is 35.2 Å². The summed E-state index contributed by atoms with van der Waals surface area (Å²) in [5.41, 5.74) is 0.784. The van der Waals surface area contributed by atoms with Gasteiger partial charge in [-0.1, -0.05) is 28.9 Å². The van der Waals surface area contributed by atoms with Gasteiger partial charge in [-0.2, -0.15) is 17.7 Å². The molecule has 1 saturated heterocycles. The number of halogens is 1.